The zero-order valence-corrected chi connectivity index (χ0v) is 13.8. The van der Waals surface area contributed by atoms with Crippen molar-refractivity contribution in [2.45, 2.75) is 6.42 Å². The third-order valence-electron chi connectivity index (χ3n) is 3.18. The molecule has 0 bridgehead atoms. The lowest BCUT2D eigenvalue weighted by molar-refractivity contribution is 0.912. The average Bonchev–Trinajstić information content (AvgIpc) is 2.81. The first-order valence-electron chi connectivity index (χ1n) is 6.29. The third-order valence-corrected chi connectivity index (χ3v) is 4.39. The lowest BCUT2D eigenvalue weighted by Crippen LogP contribution is -2.03. The van der Waals surface area contributed by atoms with Crippen LogP contribution < -0.4 is 0 Å². The first-order valence-corrected chi connectivity index (χ1v) is 7.96. The van der Waals surface area contributed by atoms with Gasteiger partial charge >= 0.3 is 0 Å². The monoisotopic (exact) mass is 358 g/mol. The predicted octanol–water partition coefficient (Wildman–Crippen LogP) is 5.77. The number of aryl methyl sites for hydroxylation is 1. The van der Waals surface area contributed by atoms with Gasteiger partial charge in [-0.1, -0.05) is 46.9 Å². The summed E-state index contributed by atoms with van der Waals surface area (Å²) < 4.78 is 1.97. The standard InChI is InChI=1S/C15H10Cl4N2/c16-6-5-15-20-12-3-1-2-4-13(12)21(15)14-8-10(18)9(17)7-11(14)19/h1-4,7-8H,5-6H2. The molecule has 0 saturated carbocycles. The summed E-state index contributed by atoms with van der Waals surface area (Å²) in [6, 6.07) is 11.2. The van der Waals surface area contributed by atoms with E-state index in [0.717, 1.165) is 22.5 Å². The number of imidazole rings is 1. The summed E-state index contributed by atoms with van der Waals surface area (Å²) >= 11 is 24.4. The summed E-state index contributed by atoms with van der Waals surface area (Å²) in [4.78, 5) is 4.62. The molecule has 0 aliphatic rings. The maximum absolute atomic E-state index is 6.34. The largest absolute Gasteiger partial charge is 0.295 e. The number of hydrogen-bond acceptors (Lipinski definition) is 1. The summed E-state index contributed by atoms with van der Waals surface area (Å²) in [5.74, 6) is 1.31. The van der Waals surface area contributed by atoms with E-state index in [-0.39, 0.29) is 0 Å². The molecule has 0 radical (unpaired) electrons. The van der Waals surface area contributed by atoms with Gasteiger partial charge in [-0.15, -0.1) is 11.6 Å². The minimum Gasteiger partial charge on any atom is -0.295 e. The fraction of sp³-hybridized carbons (Fsp3) is 0.133. The topological polar surface area (TPSA) is 17.8 Å². The molecule has 0 aliphatic heterocycles. The molecule has 3 aromatic rings. The zero-order chi connectivity index (χ0) is 15.0. The van der Waals surface area contributed by atoms with Crippen LogP contribution in [0.1, 0.15) is 5.82 Å². The Morgan fingerprint density at radius 2 is 1.67 bits per heavy atom. The Morgan fingerprint density at radius 1 is 0.952 bits per heavy atom. The molecule has 0 unspecified atom stereocenters. The van der Waals surface area contributed by atoms with Crippen LogP contribution in [-0.2, 0) is 6.42 Å². The highest BCUT2D eigenvalue weighted by atomic mass is 35.5. The van der Waals surface area contributed by atoms with Gasteiger partial charge < -0.3 is 0 Å². The van der Waals surface area contributed by atoms with E-state index >= 15 is 0 Å². The molecule has 108 valence electrons. The molecule has 21 heavy (non-hydrogen) atoms. The number of hydrogen-bond donors (Lipinski definition) is 0. The number of rotatable bonds is 3. The maximum atomic E-state index is 6.34. The second-order valence-corrected chi connectivity index (χ2v) is 6.11. The van der Waals surface area contributed by atoms with Gasteiger partial charge in [0.2, 0.25) is 0 Å². The van der Waals surface area contributed by atoms with Crippen molar-refractivity contribution in [1.29, 1.82) is 0 Å². The van der Waals surface area contributed by atoms with Gasteiger partial charge in [0.05, 0.1) is 31.8 Å². The molecular formula is C15H10Cl4N2. The van der Waals surface area contributed by atoms with Crippen molar-refractivity contribution in [2.75, 3.05) is 5.88 Å². The van der Waals surface area contributed by atoms with Gasteiger partial charge in [-0.05, 0) is 24.3 Å². The Hall–Kier alpha value is -0.930. The van der Waals surface area contributed by atoms with E-state index in [9.17, 15) is 0 Å². The summed E-state index contributed by atoms with van der Waals surface area (Å²) in [6.07, 6.45) is 0.632. The second-order valence-electron chi connectivity index (χ2n) is 4.51. The van der Waals surface area contributed by atoms with E-state index in [4.69, 9.17) is 46.4 Å². The van der Waals surface area contributed by atoms with Crippen molar-refractivity contribution in [2.24, 2.45) is 0 Å². The van der Waals surface area contributed by atoms with Crippen LogP contribution in [0.15, 0.2) is 36.4 Å². The fourth-order valence-corrected chi connectivity index (χ4v) is 3.07. The SMILES string of the molecule is ClCCc1nc2ccccc2n1-c1cc(Cl)c(Cl)cc1Cl. The van der Waals surface area contributed by atoms with E-state index in [0.29, 0.717) is 27.4 Å². The summed E-state index contributed by atoms with van der Waals surface area (Å²) in [7, 11) is 0. The Labute approximate surface area is 142 Å². The number of aromatic nitrogens is 2. The lowest BCUT2D eigenvalue weighted by atomic mass is 10.2. The Morgan fingerprint density at radius 3 is 2.43 bits per heavy atom. The van der Waals surface area contributed by atoms with Crippen LogP contribution in [0.25, 0.3) is 16.7 Å². The number of halogens is 4. The first-order chi connectivity index (χ1) is 10.1. The minimum absolute atomic E-state index is 0.425. The van der Waals surface area contributed by atoms with E-state index in [1.54, 1.807) is 12.1 Å². The maximum Gasteiger partial charge on any atom is 0.115 e. The molecule has 6 heteroatoms. The smallest absolute Gasteiger partial charge is 0.115 e. The lowest BCUT2D eigenvalue weighted by Gasteiger charge is -2.12. The van der Waals surface area contributed by atoms with Gasteiger partial charge in [-0.25, -0.2) is 4.98 Å². The molecule has 0 fully saturated rings. The van der Waals surface area contributed by atoms with Crippen molar-refractivity contribution in [3.8, 4) is 5.69 Å². The number of nitrogens with zero attached hydrogens (tertiary/aromatic N) is 2. The average molecular weight is 360 g/mol. The molecule has 0 aliphatic carbocycles. The quantitative estimate of drug-likeness (QED) is 0.429. The van der Waals surface area contributed by atoms with Crippen molar-refractivity contribution in [3.05, 3.63) is 57.3 Å². The second kappa shape index (κ2) is 6.05. The highest BCUT2D eigenvalue weighted by Gasteiger charge is 2.15. The van der Waals surface area contributed by atoms with E-state index in [1.165, 1.54) is 0 Å². The van der Waals surface area contributed by atoms with Gasteiger partial charge in [0.25, 0.3) is 0 Å². The van der Waals surface area contributed by atoms with Gasteiger partial charge in [-0.2, -0.15) is 0 Å². The van der Waals surface area contributed by atoms with Crippen LogP contribution in [0.3, 0.4) is 0 Å². The highest BCUT2D eigenvalue weighted by molar-refractivity contribution is 6.43. The first kappa shape index (κ1) is 15.0. The highest BCUT2D eigenvalue weighted by Crippen LogP contribution is 2.33. The minimum atomic E-state index is 0.425. The van der Waals surface area contributed by atoms with Gasteiger partial charge in [0.1, 0.15) is 5.82 Å². The molecule has 3 rings (SSSR count). The van der Waals surface area contributed by atoms with Crippen LogP contribution in [-0.4, -0.2) is 15.4 Å². The summed E-state index contributed by atoms with van der Waals surface area (Å²) in [5, 5.41) is 1.39. The van der Waals surface area contributed by atoms with Crippen LogP contribution >= 0.6 is 46.4 Å². The molecule has 1 aromatic heterocycles. The van der Waals surface area contributed by atoms with Crippen LogP contribution in [0.2, 0.25) is 15.1 Å². The van der Waals surface area contributed by atoms with Crippen molar-refractivity contribution >= 4 is 57.4 Å². The Kier molecular flexibility index (Phi) is 4.32. The molecule has 0 saturated heterocycles. The Bertz CT molecular complexity index is 811. The molecule has 2 aromatic carbocycles. The van der Waals surface area contributed by atoms with Crippen molar-refractivity contribution in [3.63, 3.8) is 0 Å². The van der Waals surface area contributed by atoms with Crippen LogP contribution in [0.5, 0.6) is 0 Å². The van der Waals surface area contributed by atoms with Gasteiger partial charge in [-0.3, -0.25) is 4.57 Å². The predicted molar refractivity (Wildman–Crippen MR) is 90.5 cm³/mol. The third kappa shape index (κ3) is 2.74. The molecule has 0 spiro atoms. The number of alkyl halides is 1. The molecular weight excluding hydrogens is 350 g/mol. The molecule has 0 amide bonds. The van der Waals surface area contributed by atoms with Gasteiger partial charge in [0.15, 0.2) is 0 Å². The van der Waals surface area contributed by atoms with E-state index in [1.807, 2.05) is 28.8 Å². The number of para-hydroxylation sites is 2. The normalized spacial score (nSPS) is 11.2. The van der Waals surface area contributed by atoms with Crippen molar-refractivity contribution < 1.29 is 0 Å². The molecule has 0 N–H and O–H groups in total. The molecule has 0 atom stereocenters. The van der Waals surface area contributed by atoms with Crippen LogP contribution in [0, 0.1) is 0 Å². The zero-order valence-electron chi connectivity index (χ0n) is 10.8. The van der Waals surface area contributed by atoms with E-state index < -0.39 is 0 Å². The fourth-order valence-electron chi connectivity index (χ4n) is 2.28. The van der Waals surface area contributed by atoms with Crippen molar-refractivity contribution in [1.82, 2.24) is 9.55 Å². The number of benzene rings is 2. The summed E-state index contributed by atoms with van der Waals surface area (Å²) in [5.41, 5.74) is 2.59. The molecule has 1 heterocycles. The van der Waals surface area contributed by atoms with Gasteiger partial charge in [0, 0.05) is 12.3 Å². The summed E-state index contributed by atoms with van der Waals surface area (Å²) in [6.45, 7) is 0. The van der Waals surface area contributed by atoms with Crippen LogP contribution in [0.4, 0.5) is 0 Å². The number of fused-ring (bicyclic) bond motifs is 1. The van der Waals surface area contributed by atoms with E-state index in [2.05, 4.69) is 4.98 Å². The molecule has 2 nitrogen and oxygen atoms in total. The Balaban J connectivity index is 2.32.